The number of carbonyl (C=O) groups excluding carboxylic acids is 3. The van der Waals surface area contributed by atoms with Crippen molar-refractivity contribution in [1.29, 1.82) is 0 Å². The number of methoxy groups -OCH3 is 2. The van der Waals surface area contributed by atoms with Crippen molar-refractivity contribution in [3.8, 4) is 0 Å². The molecule has 0 unspecified atom stereocenters. The van der Waals surface area contributed by atoms with Crippen molar-refractivity contribution in [2.24, 2.45) is 0 Å². The number of sulfonamides is 1. The minimum Gasteiger partial charge on any atom is -0.465 e. The Morgan fingerprint density at radius 3 is 1.93 bits per heavy atom. The van der Waals surface area contributed by atoms with Gasteiger partial charge in [0.25, 0.3) is 5.91 Å². The van der Waals surface area contributed by atoms with Crippen LogP contribution in [0.5, 0.6) is 0 Å². The third-order valence-corrected chi connectivity index (χ3v) is 4.09. The number of nitrogens with one attached hydrogen (secondary N) is 2. The first kappa shape index (κ1) is 20.9. The van der Waals surface area contributed by atoms with Crippen LogP contribution in [-0.2, 0) is 19.5 Å². The number of hydrogen-bond acceptors (Lipinski definition) is 7. The molecule has 2 N–H and O–H groups in total. The van der Waals surface area contributed by atoms with E-state index >= 15 is 0 Å². The summed E-state index contributed by atoms with van der Waals surface area (Å²) in [5.41, 5.74) is 0.324. The molecule has 0 saturated heterocycles. The predicted octanol–water partition coefficient (Wildman–Crippen LogP) is 1.88. The second kappa shape index (κ2) is 8.53. The normalized spacial score (nSPS) is 10.7. The van der Waals surface area contributed by atoms with Crippen molar-refractivity contribution in [3.63, 3.8) is 0 Å². The molecule has 0 aromatic heterocycles. The van der Waals surface area contributed by atoms with Gasteiger partial charge in [-0.3, -0.25) is 9.52 Å². The van der Waals surface area contributed by atoms with E-state index in [4.69, 9.17) is 0 Å². The van der Waals surface area contributed by atoms with Gasteiger partial charge in [0.2, 0.25) is 10.0 Å². The maximum Gasteiger partial charge on any atom is 0.337 e. The van der Waals surface area contributed by atoms with Crippen molar-refractivity contribution in [2.45, 2.75) is 0 Å². The fourth-order valence-corrected chi connectivity index (χ4v) is 2.92. The highest BCUT2D eigenvalue weighted by Crippen LogP contribution is 2.21. The number of benzene rings is 2. The molecule has 0 radical (unpaired) electrons. The molecular weight excluding hydrogens is 388 g/mol. The van der Waals surface area contributed by atoms with Gasteiger partial charge in [0.1, 0.15) is 0 Å². The highest BCUT2D eigenvalue weighted by Gasteiger charge is 2.17. The Kier molecular flexibility index (Phi) is 6.37. The van der Waals surface area contributed by atoms with Crippen molar-refractivity contribution < 1.29 is 32.3 Å². The quantitative estimate of drug-likeness (QED) is 0.701. The average Bonchev–Trinajstić information content (AvgIpc) is 2.65. The minimum absolute atomic E-state index is 0.0308. The summed E-state index contributed by atoms with van der Waals surface area (Å²) in [4.78, 5) is 36.3. The number of carbonyl (C=O) groups is 3. The van der Waals surface area contributed by atoms with Gasteiger partial charge in [-0.2, -0.15) is 0 Å². The second-order valence-corrected chi connectivity index (χ2v) is 7.40. The van der Waals surface area contributed by atoms with Gasteiger partial charge >= 0.3 is 11.9 Å². The van der Waals surface area contributed by atoms with Crippen LogP contribution in [-0.4, -0.2) is 46.7 Å². The summed E-state index contributed by atoms with van der Waals surface area (Å²) >= 11 is 0. The molecular formula is C18H18N2O7S. The second-order valence-electron chi connectivity index (χ2n) is 5.66. The van der Waals surface area contributed by atoms with Gasteiger partial charge in [0, 0.05) is 5.69 Å². The van der Waals surface area contributed by atoms with Crippen LogP contribution < -0.4 is 10.0 Å². The molecule has 28 heavy (non-hydrogen) atoms. The van der Waals surface area contributed by atoms with E-state index in [-0.39, 0.29) is 28.1 Å². The monoisotopic (exact) mass is 406 g/mol. The molecule has 0 saturated carbocycles. The van der Waals surface area contributed by atoms with Crippen LogP contribution in [0, 0.1) is 0 Å². The lowest BCUT2D eigenvalue weighted by molar-refractivity contribution is 0.0598. The zero-order valence-corrected chi connectivity index (χ0v) is 16.1. The van der Waals surface area contributed by atoms with Gasteiger partial charge in [-0.15, -0.1) is 0 Å². The van der Waals surface area contributed by atoms with Crippen molar-refractivity contribution in [2.75, 3.05) is 30.5 Å². The molecule has 2 aromatic carbocycles. The third kappa shape index (κ3) is 5.30. The first-order valence-electron chi connectivity index (χ1n) is 7.84. The summed E-state index contributed by atoms with van der Waals surface area (Å²) < 4.78 is 34.5. The summed E-state index contributed by atoms with van der Waals surface area (Å²) in [5, 5.41) is 2.53. The van der Waals surface area contributed by atoms with E-state index in [1.807, 2.05) is 0 Å². The molecule has 0 aliphatic carbocycles. The topological polar surface area (TPSA) is 128 Å². The Morgan fingerprint density at radius 2 is 1.43 bits per heavy atom. The first-order chi connectivity index (χ1) is 13.1. The summed E-state index contributed by atoms with van der Waals surface area (Å²) in [6.07, 6.45) is 0.962. The molecule has 2 aromatic rings. The lowest BCUT2D eigenvalue weighted by Crippen LogP contribution is -2.18. The summed E-state index contributed by atoms with van der Waals surface area (Å²) in [6, 6.07) is 9.90. The Labute approximate surface area is 161 Å². The Morgan fingerprint density at radius 1 is 0.893 bits per heavy atom. The summed E-state index contributed by atoms with van der Waals surface area (Å²) in [7, 11) is -1.24. The van der Waals surface area contributed by atoms with Crippen LogP contribution in [0.3, 0.4) is 0 Å². The molecule has 0 bridgehead atoms. The molecule has 0 atom stereocenters. The van der Waals surface area contributed by atoms with E-state index in [9.17, 15) is 22.8 Å². The molecule has 0 heterocycles. The zero-order valence-electron chi connectivity index (χ0n) is 15.3. The Hall–Kier alpha value is -3.40. The van der Waals surface area contributed by atoms with E-state index in [1.165, 1.54) is 44.6 Å². The van der Waals surface area contributed by atoms with E-state index in [1.54, 1.807) is 12.1 Å². The number of amides is 1. The lowest BCUT2D eigenvalue weighted by atomic mass is 10.1. The maximum atomic E-state index is 12.6. The summed E-state index contributed by atoms with van der Waals surface area (Å²) in [6.45, 7) is 0. The van der Waals surface area contributed by atoms with Gasteiger partial charge in [-0.25, -0.2) is 18.0 Å². The molecule has 9 nitrogen and oxygen atoms in total. The van der Waals surface area contributed by atoms with Crippen molar-refractivity contribution >= 4 is 39.2 Å². The smallest absolute Gasteiger partial charge is 0.337 e. The molecule has 148 valence electrons. The number of anilines is 2. The molecule has 0 fully saturated rings. The van der Waals surface area contributed by atoms with Crippen molar-refractivity contribution in [1.82, 2.24) is 0 Å². The fraction of sp³-hybridized carbons (Fsp3) is 0.167. The average molecular weight is 406 g/mol. The molecule has 1 amide bonds. The fourth-order valence-electron chi connectivity index (χ4n) is 2.34. The Bertz CT molecular complexity index is 998. The largest absolute Gasteiger partial charge is 0.465 e. The number of para-hydroxylation sites is 1. The molecule has 0 aliphatic rings. The first-order valence-corrected chi connectivity index (χ1v) is 9.73. The van der Waals surface area contributed by atoms with Crippen LogP contribution >= 0.6 is 0 Å². The van der Waals surface area contributed by atoms with Crippen LogP contribution in [0.2, 0.25) is 0 Å². The van der Waals surface area contributed by atoms with Gasteiger partial charge < -0.3 is 14.8 Å². The predicted molar refractivity (Wildman–Crippen MR) is 102 cm³/mol. The van der Waals surface area contributed by atoms with E-state index < -0.39 is 27.9 Å². The molecule has 0 spiro atoms. The molecule has 0 aliphatic heterocycles. The Balaban J connectivity index is 2.41. The highest BCUT2D eigenvalue weighted by atomic mass is 32.2. The summed E-state index contributed by atoms with van der Waals surface area (Å²) in [5.74, 6) is -2.06. The van der Waals surface area contributed by atoms with Gasteiger partial charge in [0.15, 0.2) is 0 Å². The lowest BCUT2D eigenvalue weighted by Gasteiger charge is -2.12. The van der Waals surface area contributed by atoms with E-state index in [0.717, 1.165) is 6.26 Å². The number of esters is 2. The number of rotatable bonds is 6. The van der Waals surface area contributed by atoms with Crippen LogP contribution in [0.4, 0.5) is 11.4 Å². The third-order valence-electron chi connectivity index (χ3n) is 3.50. The van der Waals surface area contributed by atoms with Crippen LogP contribution in [0.15, 0.2) is 42.5 Å². The van der Waals surface area contributed by atoms with Crippen molar-refractivity contribution in [3.05, 3.63) is 59.2 Å². The number of ether oxygens (including phenoxy) is 2. The zero-order chi connectivity index (χ0) is 20.9. The van der Waals surface area contributed by atoms with Gasteiger partial charge in [-0.1, -0.05) is 12.1 Å². The van der Waals surface area contributed by atoms with Gasteiger partial charge in [-0.05, 0) is 30.3 Å². The molecule has 2 rings (SSSR count). The minimum atomic E-state index is -3.60. The highest BCUT2D eigenvalue weighted by molar-refractivity contribution is 7.92. The number of hydrogen-bond donors (Lipinski definition) is 2. The van der Waals surface area contributed by atoms with Crippen LogP contribution in [0.1, 0.15) is 31.1 Å². The van der Waals surface area contributed by atoms with E-state index in [0.29, 0.717) is 0 Å². The standard InChI is InChI=1S/C18H18N2O7S/c1-26-17(22)11-8-12(18(23)27-2)10-13(9-11)19-16(21)14-6-4-5-7-15(14)20-28(3,24)25/h4-10,20H,1-3H3,(H,19,21). The van der Waals surface area contributed by atoms with Crippen LogP contribution in [0.25, 0.3) is 0 Å². The van der Waals surface area contributed by atoms with E-state index in [2.05, 4.69) is 19.5 Å². The SMILES string of the molecule is COC(=O)c1cc(NC(=O)c2ccccc2NS(C)(=O)=O)cc(C(=O)OC)c1. The maximum absolute atomic E-state index is 12.6. The van der Waals surface area contributed by atoms with Gasteiger partial charge in [0.05, 0.1) is 42.9 Å². The molecule has 10 heteroatoms.